The second-order valence-electron chi connectivity index (χ2n) is 17.3. The van der Waals surface area contributed by atoms with Crippen LogP contribution in [0.4, 0.5) is 0 Å². The van der Waals surface area contributed by atoms with Crippen LogP contribution in [0.2, 0.25) is 0 Å². The molecule has 0 N–H and O–H groups in total. The SMILES string of the molecule is c1ccc2c(c1)c1ccccc1n2-c1ccc2c(c1)c1ccccc1n2-c1ccc2c(c1)Oc1cc(-n3c4ccccc4c4cc(-n5c6ccccc6c6ccccc65)ccc43)ccc1S2. The Kier molecular flexibility index (Phi) is 7.37. The molecule has 6 heteroatoms. The molecule has 0 spiro atoms. The molecule has 0 saturated carbocycles. The zero-order valence-corrected chi connectivity index (χ0v) is 36.2. The van der Waals surface area contributed by atoms with Crippen LogP contribution >= 0.6 is 11.8 Å². The van der Waals surface area contributed by atoms with E-state index < -0.39 is 0 Å². The monoisotopic (exact) mass is 860 g/mol. The third-order valence-corrected chi connectivity index (χ3v) is 14.9. The molecule has 0 amide bonds. The maximum atomic E-state index is 6.95. The Hall–Kier alpha value is -8.45. The number of aromatic nitrogens is 4. The van der Waals surface area contributed by atoms with E-state index in [9.17, 15) is 0 Å². The van der Waals surface area contributed by atoms with Gasteiger partial charge in [-0.2, -0.15) is 0 Å². The van der Waals surface area contributed by atoms with Crippen LogP contribution in [-0.2, 0) is 0 Å². The quantitative estimate of drug-likeness (QED) is 0.176. The summed E-state index contributed by atoms with van der Waals surface area (Å²) in [5.41, 5.74) is 13.9. The summed E-state index contributed by atoms with van der Waals surface area (Å²) in [4.78, 5) is 2.20. The lowest BCUT2D eigenvalue weighted by Crippen LogP contribution is -2.01. The molecule has 308 valence electrons. The first kappa shape index (κ1) is 35.9. The highest BCUT2D eigenvalue weighted by atomic mass is 32.2. The molecule has 15 rings (SSSR count). The molecule has 0 fully saturated rings. The highest BCUT2D eigenvalue weighted by Gasteiger charge is 2.23. The van der Waals surface area contributed by atoms with Gasteiger partial charge >= 0.3 is 0 Å². The van der Waals surface area contributed by atoms with Crippen molar-refractivity contribution in [2.75, 3.05) is 0 Å². The minimum atomic E-state index is 0.855. The smallest absolute Gasteiger partial charge is 0.143 e. The van der Waals surface area contributed by atoms with Crippen molar-refractivity contribution in [2.24, 2.45) is 0 Å². The van der Waals surface area contributed by atoms with Gasteiger partial charge in [-0.3, -0.25) is 0 Å². The van der Waals surface area contributed by atoms with Gasteiger partial charge in [-0.15, -0.1) is 0 Å². The number of benzene rings is 10. The maximum absolute atomic E-state index is 6.95. The van der Waals surface area contributed by atoms with Crippen molar-refractivity contribution in [3.63, 3.8) is 0 Å². The molecule has 1 aliphatic rings. The molecule has 0 bridgehead atoms. The van der Waals surface area contributed by atoms with E-state index in [1.165, 1.54) is 65.2 Å². The summed E-state index contributed by atoms with van der Waals surface area (Å²) in [5.74, 6) is 1.71. The lowest BCUT2D eigenvalue weighted by molar-refractivity contribution is 0.454. The van der Waals surface area contributed by atoms with Crippen molar-refractivity contribution in [1.29, 1.82) is 0 Å². The van der Waals surface area contributed by atoms with E-state index in [1.54, 1.807) is 11.8 Å². The van der Waals surface area contributed by atoms with Crippen LogP contribution in [0.1, 0.15) is 0 Å². The Labute approximate surface area is 382 Å². The van der Waals surface area contributed by atoms with Crippen LogP contribution < -0.4 is 4.74 Å². The summed E-state index contributed by atoms with van der Waals surface area (Å²) in [5, 5.41) is 9.89. The lowest BCUT2D eigenvalue weighted by Gasteiger charge is -2.22. The van der Waals surface area contributed by atoms with Gasteiger partial charge in [-0.05, 0) is 97.1 Å². The molecule has 4 aromatic heterocycles. The average Bonchev–Trinajstić information content (AvgIpc) is 4.10. The third kappa shape index (κ3) is 5.02. The normalized spacial score (nSPS) is 12.6. The van der Waals surface area contributed by atoms with Gasteiger partial charge in [0.15, 0.2) is 0 Å². The standard InChI is InChI=1S/C60H36N4OS/c1-7-19-49-41(13-1)42-14-2-8-20-50(42)61(49)37-25-29-55-47(33-37)45-17-5-11-23-53(45)63(55)39-27-31-59-57(35-39)65-58-36-40(28-32-60(58)66-59)64-54-24-12-6-18-46(54)48-34-38(26-30-56(48)64)62-51-21-9-3-15-43(51)44-16-4-10-22-52(44)62/h1-36H. The van der Waals surface area contributed by atoms with E-state index >= 15 is 0 Å². The van der Waals surface area contributed by atoms with Gasteiger partial charge in [0, 0.05) is 78.0 Å². The Bertz CT molecular complexity index is 3990. The van der Waals surface area contributed by atoms with Crippen LogP contribution in [-0.4, -0.2) is 18.3 Å². The number of fused-ring (bicyclic) bond motifs is 14. The first-order valence-corrected chi connectivity index (χ1v) is 23.2. The summed E-state index contributed by atoms with van der Waals surface area (Å²) in [6, 6.07) is 79.4. The number of nitrogens with zero attached hydrogens (tertiary/aromatic N) is 4. The van der Waals surface area contributed by atoms with Gasteiger partial charge < -0.3 is 23.0 Å². The number of hydrogen-bond acceptors (Lipinski definition) is 2. The van der Waals surface area contributed by atoms with Gasteiger partial charge in [-0.25, -0.2) is 0 Å². The summed E-state index contributed by atoms with van der Waals surface area (Å²) in [7, 11) is 0. The van der Waals surface area contributed by atoms with Gasteiger partial charge in [0.05, 0.1) is 53.9 Å². The van der Waals surface area contributed by atoms with Crippen molar-refractivity contribution in [3.05, 3.63) is 218 Å². The van der Waals surface area contributed by atoms with E-state index in [1.807, 2.05) is 0 Å². The van der Waals surface area contributed by atoms with Crippen LogP contribution in [0, 0.1) is 0 Å². The third-order valence-electron chi connectivity index (χ3n) is 13.8. The Morgan fingerprint density at radius 1 is 0.242 bits per heavy atom. The Morgan fingerprint density at radius 3 is 0.833 bits per heavy atom. The molecular formula is C60H36N4OS. The fraction of sp³-hybridized carbons (Fsp3) is 0. The zero-order chi connectivity index (χ0) is 43.0. The zero-order valence-electron chi connectivity index (χ0n) is 35.4. The highest BCUT2D eigenvalue weighted by molar-refractivity contribution is 7.99. The molecule has 5 heterocycles. The van der Waals surface area contributed by atoms with Crippen molar-refractivity contribution in [3.8, 4) is 34.2 Å². The average molecular weight is 861 g/mol. The van der Waals surface area contributed by atoms with Gasteiger partial charge in [0.2, 0.25) is 0 Å². The topological polar surface area (TPSA) is 28.9 Å². The number of ether oxygens (including phenoxy) is 1. The molecule has 1 aliphatic heterocycles. The second-order valence-corrected chi connectivity index (χ2v) is 18.4. The second kappa shape index (κ2) is 13.5. The van der Waals surface area contributed by atoms with Crippen molar-refractivity contribution < 1.29 is 4.74 Å². The molecule has 66 heavy (non-hydrogen) atoms. The maximum Gasteiger partial charge on any atom is 0.143 e. The predicted octanol–water partition coefficient (Wildman–Crippen LogP) is 16.3. The Balaban J connectivity index is 0.833. The van der Waals surface area contributed by atoms with Crippen LogP contribution in [0.3, 0.4) is 0 Å². The van der Waals surface area contributed by atoms with Crippen LogP contribution in [0.15, 0.2) is 228 Å². The number of para-hydroxylation sites is 6. The Morgan fingerprint density at radius 2 is 0.500 bits per heavy atom. The van der Waals surface area contributed by atoms with E-state index in [2.05, 4.69) is 237 Å². The molecule has 0 saturated heterocycles. The summed E-state index contributed by atoms with van der Waals surface area (Å²) in [6.45, 7) is 0. The molecule has 10 aromatic carbocycles. The number of rotatable bonds is 4. The first-order valence-electron chi connectivity index (χ1n) is 22.4. The highest BCUT2D eigenvalue weighted by Crippen LogP contribution is 2.49. The lowest BCUT2D eigenvalue weighted by atomic mass is 10.1. The fourth-order valence-corrected chi connectivity index (χ4v) is 11.9. The van der Waals surface area contributed by atoms with E-state index in [-0.39, 0.29) is 0 Å². The molecule has 0 aliphatic carbocycles. The van der Waals surface area contributed by atoms with Gasteiger partial charge in [-0.1, -0.05) is 121 Å². The minimum absolute atomic E-state index is 0.855. The summed E-state index contributed by atoms with van der Waals surface area (Å²) in [6.07, 6.45) is 0. The van der Waals surface area contributed by atoms with E-state index in [0.29, 0.717) is 0 Å². The van der Waals surface area contributed by atoms with Crippen LogP contribution in [0.25, 0.3) is 110 Å². The molecule has 5 nitrogen and oxygen atoms in total. The van der Waals surface area contributed by atoms with E-state index in [0.717, 1.165) is 66.1 Å². The van der Waals surface area contributed by atoms with Crippen molar-refractivity contribution in [2.45, 2.75) is 9.79 Å². The predicted molar refractivity (Wildman–Crippen MR) is 274 cm³/mol. The first-order chi connectivity index (χ1) is 32.7. The fourth-order valence-electron chi connectivity index (χ4n) is 11.0. The van der Waals surface area contributed by atoms with E-state index in [4.69, 9.17) is 4.74 Å². The summed E-state index contributed by atoms with van der Waals surface area (Å²) >= 11 is 1.76. The molecule has 0 radical (unpaired) electrons. The molecular weight excluding hydrogens is 825 g/mol. The van der Waals surface area contributed by atoms with Crippen molar-refractivity contribution >= 4 is 99.0 Å². The molecule has 0 unspecified atom stereocenters. The summed E-state index contributed by atoms with van der Waals surface area (Å²) < 4.78 is 16.5. The molecule has 0 atom stereocenters. The van der Waals surface area contributed by atoms with Gasteiger partial charge in [0.25, 0.3) is 0 Å². The molecule has 14 aromatic rings. The van der Waals surface area contributed by atoms with Crippen molar-refractivity contribution in [1.82, 2.24) is 18.3 Å². The minimum Gasteiger partial charge on any atom is -0.455 e. The van der Waals surface area contributed by atoms with Crippen LogP contribution in [0.5, 0.6) is 11.5 Å². The largest absolute Gasteiger partial charge is 0.455 e. The van der Waals surface area contributed by atoms with Gasteiger partial charge in [0.1, 0.15) is 11.5 Å². The number of hydrogen-bond donors (Lipinski definition) is 0.